The summed E-state index contributed by atoms with van der Waals surface area (Å²) >= 11 is 0. The molecule has 1 aromatic carbocycles. The number of aryl methyl sites for hydroxylation is 1. The molecule has 0 radical (unpaired) electrons. The minimum absolute atomic E-state index is 0.0246. The van der Waals surface area contributed by atoms with Gasteiger partial charge in [-0.2, -0.15) is 0 Å². The zero-order valence-electron chi connectivity index (χ0n) is 7.76. The van der Waals surface area contributed by atoms with E-state index in [1.165, 1.54) is 0 Å². The molecule has 1 aromatic heterocycles. The summed E-state index contributed by atoms with van der Waals surface area (Å²) < 4.78 is 31.1. The monoisotopic (exact) mass is 207 g/mol. The van der Waals surface area contributed by atoms with Gasteiger partial charge in [0.25, 0.3) is 0 Å². The molecule has 0 atom stereocenters. The molecule has 0 fully saturated rings. The minimum Gasteiger partial charge on any atom is -0.438 e. The minimum atomic E-state index is -0.746. The second-order valence-electron chi connectivity index (χ2n) is 3.05. The Morgan fingerprint density at radius 1 is 1.40 bits per heavy atom. The number of rotatable bonds is 2. The Balaban J connectivity index is 2.47. The molecular formula is C11H7F2NO. The van der Waals surface area contributed by atoms with Crippen molar-refractivity contribution < 1.29 is 13.2 Å². The van der Waals surface area contributed by atoms with Crippen molar-refractivity contribution in [2.24, 2.45) is 0 Å². The van der Waals surface area contributed by atoms with Crippen LogP contribution in [0.5, 0.6) is 0 Å². The molecule has 76 valence electrons. The van der Waals surface area contributed by atoms with Crippen LogP contribution >= 0.6 is 0 Å². The van der Waals surface area contributed by atoms with Gasteiger partial charge in [0.15, 0.2) is 17.3 Å². The van der Waals surface area contributed by atoms with E-state index in [9.17, 15) is 8.78 Å². The van der Waals surface area contributed by atoms with Gasteiger partial charge in [-0.15, -0.1) is 12.3 Å². The van der Waals surface area contributed by atoms with E-state index in [0.29, 0.717) is 18.7 Å². The summed E-state index contributed by atoms with van der Waals surface area (Å²) in [6, 6.07) is 1.89. The van der Waals surface area contributed by atoms with Gasteiger partial charge in [-0.25, -0.2) is 13.8 Å². The Morgan fingerprint density at radius 2 is 2.20 bits per heavy atom. The van der Waals surface area contributed by atoms with Gasteiger partial charge in [0.1, 0.15) is 11.3 Å². The Labute approximate surface area is 84.9 Å². The highest BCUT2D eigenvalue weighted by atomic mass is 19.1. The molecule has 0 aliphatic rings. The summed E-state index contributed by atoms with van der Waals surface area (Å²) in [7, 11) is 0. The van der Waals surface area contributed by atoms with E-state index in [1.807, 2.05) is 0 Å². The van der Waals surface area contributed by atoms with Crippen LogP contribution in [-0.2, 0) is 6.42 Å². The molecule has 0 amide bonds. The van der Waals surface area contributed by atoms with Crippen LogP contribution in [0.2, 0.25) is 0 Å². The smallest absolute Gasteiger partial charge is 0.196 e. The molecule has 0 unspecified atom stereocenters. The Hall–Kier alpha value is -1.89. The second-order valence-corrected chi connectivity index (χ2v) is 3.05. The van der Waals surface area contributed by atoms with Gasteiger partial charge < -0.3 is 4.42 Å². The van der Waals surface area contributed by atoms with Gasteiger partial charge in [-0.3, -0.25) is 0 Å². The van der Waals surface area contributed by atoms with Gasteiger partial charge >= 0.3 is 0 Å². The van der Waals surface area contributed by atoms with Crippen molar-refractivity contribution in [1.82, 2.24) is 4.98 Å². The fourth-order valence-corrected chi connectivity index (χ4v) is 1.29. The number of nitrogens with zero attached hydrogens (tertiary/aromatic N) is 1. The molecule has 0 saturated carbocycles. The predicted octanol–water partition coefficient (Wildman–Crippen LogP) is 2.67. The first kappa shape index (κ1) is 9.66. The molecule has 2 aromatic rings. The number of halogens is 2. The quantitative estimate of drug-likeness (QED) is 0.707. The standard InChI is InChI=1S/C11H7F2NO/c1-2-3-4-10-14-9-6-7(12)5-8(13)11(9)15-10/h1,5-6H,3-4H2. The van der Waals surface area contributed by atoms with Crippen molar-refractivity contribution in [3.8, 4) is 12.3 Å². The third kappa shape index (κ3) is 1.82. The van der Waals surface area contributed by atoms with E-state index >= 15 is 0 Å². The topological polar surface area (TPSA) is 26.0 Å². The number of aromatic nitrogens is 1. The normalized spacial score (nSPS) is 10.5. The molecule has 0 aliphatic carbocycles. The lowest BCUT2D eigenvalue weighted by atomic mass is 10.3. The van der Waals surface area contributed by atoms with Crippen LogP contribution in [0.3, 0.4) is 0 Å². The first-order chi connectivity index (χ1) is 7.20. The average Bonchev–Trinajstić information content (AvgIpc) is 2.57. The Bertz CT molecular complexity index is 539. The summed E-state index contributed by atoms with van der Waals surface area (Å²) in [6.45, 7) is 0. The summed E-state index contributed by atoms with van der Waals surface area (Å²) in [5.41, 5.74) is 0.156. The first-order valence-electron chi connectivity index (χ1n) is 4.38. The average molecular weight is 207 g/mol. The summed E-state index contributed by atoms with van der Waals surface area (Å²) in [4.78, 5) is 3.93. The third-order valence-corrected chi connectivity index (χ3v) is 1.94. The van der Waals surface area contributed by atoms with Crippen LogP contribution in [0.4, 0.5) is 8.78 Å². The SMILES string of the molecule is C#CCCc1nc2cc(F)cc(F)c2o1. The van der Waals surface area contributed by atoms with Crippen molar-refractivity contribution in [3.63, 3.8) is 0 Å². The van der Waals surface area contributed by atoms with Crippen molar-refractivity contribution in [1.29, 1.82) is 0 Å². The van der Waals surface area contributed by atoms with E-state index in [2.05, 4.69) is 10.9 Å². The Morgan fingerprint density at radius 3 is 2.93 bits per heavy atom. The van der Waals surface area contributed by atoms with Crippen LogP contribution in [-0.4, -0.2) is 4.98 Å². The molecule has 2 rings (SSSR count). The lowest BCUT2D eigenvalue weighted by molar-refractivity contribution is 0.504. The zero-order valence-corrected chi connectivity index (χ0v) is 7.76. The highest BCUT2D eigenvalue weighted by Crippen LogP contribution is 2.20. The maximum atomic E-state index is 13.2. The molecule has 0 bridgehead atoms. The number of benzene rings is 1. The number of oxazole rings is 1. The van der Waals surface area contributed by atoms with E-state index in [-0.39, 0.29) is 11.1 Å². The Kier molecular flexibility index (Phi) is 2.38. The number of hydrogen-bond acceptors (Lipinski definition) is 2. The fraction of sp³-hybridized carbons (Fsp3) is 0.182. The first-order valence-corrected chi connectivity index (χ1v) is 4.38. The van der Waals surface area contributed by atoms with Crippen molar-refractivity contribution in [2.45, 2.75) is 12.8 Å². The summed E-state index contributed by atoms with van der Waals surface area (Å²) in [5.74, 6) is 1.33. The highest BCUT2D eigenvalue weighted by molar-refractivity contribution is 5.73. The van der Waals surface area contributed by atoms with Crippen LogP contribution in [0, 0.1) is 24.0 Å². The lowest BCUT2D eigenvalue weighted by Gasteiger charge is -1.89. The van der Waals surface area contributed by atoms with Gasteiger partial charge in [0.2, 0.25) is 0 Å². The van der Waals surface area contributed by atoms with E-state index < -0.39 is 11.6 Å². The highest BCUT2D eigenvalue weighted by Gasteiger charge is 2.11. The van der Waals surface area contributed by atoms with Crippen molar-refractivity contribution in [3.05, 3.63) is 29.7 Å². The van der Waals surface area contributed by atoms with Crippen LogP contribution < -0.4 is 0 Å². The van der Waals surface area contributed by atoms with Gasteiger partial charge in [-0.05, 0) is 0 Å². The van der Waals surface area contributed by atoms with Gasteiger partial charge in [0, 0.05) is 25.0 Å². The third-order valence-electron chi connectivity index (χ3n) is 1.94. The number of terminal acetylenes is 1. The van der Waals surface area contributed by atoms with Crippen molar-refractivity contribution >= 4 is 11.1 Å². The van der Waals surface area contributed by atoms with E-state index in [1.54, 1.807) is 0 Å². The van der Waals surface area contributed by atoms with Crippen LogP contribution in [0.15, 0.2) is 16.5 Å². The van der Waals surface area contributed by atoms with E-state index in [0.717, 1.165) is 12.1 Å². The van der Waals surface area contributed by atoms with Gasteiger partial charge in [-0.1, -0.05) is 0 Å². The van der Waals surface area contributed by atoms with Gasteiger partial charge in [0.05, 0.1) is 0 Å². The predicted molar refractivity (Wildman–Crippen MR) is 51.1 cm³/mol. The maximum absolute atomic E-state index is 13.2. The fourth-order valence-electron chi connectivity index (χ4n) is 1.29. The molecule has 0 saturated heterocycles. The van der Waals surface area contributed by atoms with Crippen molar-refractivity contribution in [2.75, 3.05) is 0 Å². The zero-order chi connectivity index (χ0) is 10.8. The molecule has 0 N–H and O–H groups in total. The summed E-state index contributed by atoms with van der Waals surface area (Å²) in [5, 5.41) is 0. The molecule has 0 spiro atoms. The largest absolute Gasteiger partial charge is 0.438 e. The molecular weight excluding hydrogens is 200 g/mol. The molecule has 4 heteroatoms. The lowest BCUT2D eigenvalue weighted by Crippen LogP contribution is -1.81. The van der Waals surface area contributed by atoms with Crippen LogP contribution in [0.25, 0.3) is 11.1 Å². The second kappa shape index (κ2) is 3.70. The molecule has 2 nitrogen and oxygen atoms in total. The maximum Gasteiger partial charge on any atom is 0.196 e. The van der Waals surface area contributed by atoms with E-state index in [4.69, 9.17) is 10.8 Å². The molecule has 0 aliphatic heterocycles. The molecule has 1 heterocycles. The summed E-state index contributed by atoms with van der Waals surface area (Å²) in [6.07, 6.45) is 5.95. The molecule has 15 heavy (non-hydrogen) atoms. The number of hydrogen-bond donors (Lipinski definition) is 0. The number of fused-ring (bicyclic) bond motifs is 1. The van der Waals surface area contributed by atoms with Crippen LogP contribution in [0.1, 0.15) is 12.3 Å².